The molecular formula is C22H29N3O6. The van der Waals surface area contributed by atoms with E-state index < -0.39 is 5.91 Å². The Morgan fingerprint density at radius 1 is 1.29 bits per heavy atom. The molecule has 0 aromatic heterocycles. The number of nitrogens with zero attached hydrogens (tertiary/aromatic N) is 2. The van der Waals surface area contributed by atoms with Crippen molar-refractivity contribution in [1.29, 1.82) is 5.26 Å². The lowest BCUT2D eigenvalue weighted by atomic mass is 10.1. The standard InChI is InChI=1S/C22H29N3O6/c1-3-29-10-4-7-24-22(27)18(15-23)13-17-5-6-19(20(14-17)28-2)31-16-21(26)25-8-11-30-12-9-25/h5-6,13-14H,3-4,7-12,16H2,1-2H3,(H,24,27)/b18-13+. The van der Waals surface area contributed by atoms with Crippen LogP contribution < -0.4 is 14.8 Å². The predicted molar refractivity (Wildman–Crippen MR) is 114 cm³/mol. The number of amides is 2. The second kappa shape index (κ2) is 13.3. The van der Waals surface area contributed by atoms with Crippen molar-refractivity contribution < 1.29 is 28.5 Å². The van der Waals surface area contributed by atoms with E-state index in [-0.39, 0.29) is 18.1 Å². The van der Waals surface area contributed by atoms with Gasteiger partial charge in [0.2, 0.25) is 0 Å². The first-order valence-electron chi connectivity index (χ1n) is 10.2. The topological polar surface area (TPSA) is 110 Å². The van der Waals surface area contributed by atoms with E-state index in [9.17, 15) is 14.9 Å². The Bertz CT molecular complexity index is 812. The molecule has 1 saturated heterocycles. The van der Waals surface area contributed by atoms with E-state index in [0.717, 1.165) is 0 Å². The van der Waals surface area contributed by atoms with Gasteiger partial charge in [0, 0.05) is 32.8 Å². The summed E-state index contributed by atoms with van der Waals surface area (Å²) in [4.78, 5) is 26.2. The molecule has 2 rings (SSSR count). The molecule has 31 heavy (non-hydrogen) atoms. The predicted octanol–water partition coefficient (Wildman–Crippen LogP) is 1.38. The second-order valence-corrected chi connectivity index (χ2v) is 6.67. The van der Waals surface area contributed by atoms with Gasteiger partial charge in [-0.1, -0.05) is 6.07 Å². The van der Waals surface area contributed by atoms with Crippen LogP contribution in [0.2, 0.25) is 0 Å². The molecule has 1 aromatic rings. The van der Waals surface area contributed by atoms with Gasteiger partial charge >= 0.3 is 0 Å². The van der Waals surface area contributed by atoms with E-state index in [1.165, 1.54) is 13.2 Å². The summed E-state index contributed by atoms with van der Waals surface area (Å²) in [6.07, 6.45) is 2.14. The van der Waals surface area contributed by atoms with Crippen LogP contribution in [0.15, 0.2) is 23.8 Å². The van der Waals surface area contributed by atoms with Gasteiger partial charge in [-0.2, -0.15) is 5.26 Å². The molecule has 2 amide bonds. The molecule has 0 unspecified atom stereocenters. The van der Waals surface area contributed by atoms with Crippen LogP contribution in [0.3, 0.4) is 0 Å². The first kappa shape index (κ1) is 24.2. The number of rotatable bonds is 11. The molecule has 1 heterocycles. The Hall–Kier alpha value is -3.09. The Balaban J connectivity index is 1.97. The third kappa shape index (κ3) is 7.92. The Labute approximate surface area is 182 Å². The highest BCUT2D eigenvalue weighted by Gasteiger charge is 2.18. The molecule has 0 atom stereocenters. The van der Waals surface area contributed by atoms with Crippen LogP contribution in [-0.2, 0) is 19.1 Å². The van der Waals surface area contributed by atoms with Crippen LogP contribution in [0.1, 0.15) is 18.9 Å². The van der Waals surface area contributed by atoms with E-state index >= 15 is 0 Å². The number of morpholine rings is 1. The van der Waals surface area contributed by atoms with Gasteiger partial charge in [0.25, 0.3) is 11.8 Å². The van der Waals surface area contributed by atoms with Gasteiger partial charge in [0.15, 0.2) is 18.1 Å². The minimum atomic E-state index is -0.450. The van der Waals surface area contributed by atoms with Crippen LogP contribution in [0.25, 0.3) is 6.08 Å². The lowest BCUT2D eigenvalue weighted by Crippen LogP contribution is -2.43. The quantitative estimate of drug-likeness (QED) is 0.320. The third-order valence-corrected chi connectivity index (χ3v) is 4.53. The fourth-order valence-corrected chi connectivity index (χ4v) is 2.87. The van der Waals surface area contributed by atoms with Crippen molar-refractivity contribution in [1.82, 2.24) is 10.2 Å². The SMILES string of the molecule is CCOCCCNC(=O)/C(C#N)=C/c1ccc(OCC(=O)N2CCOCC2)c(OC)c1. The minimum Gasteiger partial charge on any atom is -0.493 e. The summed E-state index contributed by atoms with van der Waals surface area (Å²) < 4.78 is 21.4. The average Bonchev–Trinajstić information content (AvgIpc) is 2.81. The van der Waals surface area contributed by atoms with Crippen LogP contribution in [-0.4, -0.2) is 76.5 Å². The normalized spacial score (nSPS) is 14.0. The van der Waals surface area contributed by atoms with Crippen molar-refractivity contribution >= 4 is 17.9 Å². The van der Waals surface area contributed by atoms with Crippen LogP contribution in [0.5, 0.6) is 11.5 Å². The van der Waals surface area contributed by atoms with Crippen molar-refractivity contribution in [2.75, 3.05) is 59.8 Å². The fraction of sp³-hybridized carbons (Fsp3) is 0.500. The molecule has 1 fully saturated rings. The molecule has 168 valence electrons. The molecule has 0 radical (unpaired) electrons. The molecule has 1 aliphatic heterocycles. The van der Waals surface area contributed by atoms with E-state index in [1.807, 2.05) is 13.0 Å². The van der Waals surface area contributed by atoms with Gasteiger partial charge in [-0.25, -0.2) is 0 Å². The van der Waals surface area contributed by atoms with E-state index in [2.05, 4.69) is 5.32 Å². The molecule has 9 nitrogen and oxygen atoms in total. The number of benzene rings is 1. The number of hydrogen-bond donors (Lipinski definition) is 1. The lowest BCUT2D eigenvalue weighted by molar-refractivity contribution is -0.137. The average molecular weight is 431 g/mol. The maximum Gasteiger partial charge on any atom is 0.261 e. The van der Waals surface area contributed by atoms with Crippen molar-refractivity contribution in [3.63, 3.8) is 0 Å². The molecule has 1 aromatic carbocycles. The number of ether oxygens (including phenoxy) is 4. The van der Waals surface area contributed by atoms with Crippen molar-refractivity contribution in [3.05, 3.63) is 29.3 Å². The number of hydrogen-bond acceptors (Lipinski definition) is 7. The number of methoxy groups -OCH3 is 1. The second-order valence-electron chi connectivity index (χ2n) is 6.67. The van der Waals surface area contributed by atoms with E-state index in [0.29, 0.717) is 69.5 Å². The van der Waals surface area contributed by atoms with E-state index in [1.54, 1.807) is 23.1 Å². The molecule has 0 saturated carbocycles. The summed E-state index contributed by atoms with van der Waals surface area (Å²) in [5.74, 6) is 0.231. The van der Waals surface area contributed by atoms with Crippen molar-refractivity contribution in [2.24, 2.45) is 0 Å². The van der Waals surface area contributed by atoms with Crippen LogP contribution in [0.4, 0.5) is 0 Å². The fourth-order valence-electron chi connectivity index (χ4n) is 2.87. The first-order valence-corrected chi connectivity index (χ1v) is 10.2. The molecule has 1 N–H and O–H groups in total. The highest BCUT2D eigenvalue weighted by atomic mass is 16.5. The first-order chi connectivity index (χ1) is 15.1. The number of nitriles is 1. The zero-order valence-corrected chi connectivity index (χ0v) is 18.0. The smallest absolute Gasteiger partial charge is 0.261 e. The number of carbonyl (C=O) groups is 2. The summed E-state index contributed by atoms with van der Waals surface area (Å²) in [6.45, 7) is 5.54. The summed E-state index contributed by atoms with van der Waals surface area (Å²) in [5, 5.41) is 12.0. The van der Waals surface area contributed by atoms with E-state index in [4.69, 9.17) is 18.9 Å². The third-order valence-electron chi connectivity index (χ3n) is 4.53. The zero-order chi connectivity index (χ0) is 22.5. The zero-order valence-electron chi connectivity index (χ0n) is 18.0. The summed E-state index contributed by atoms with van der Waals surface area (Å²) in [6, 6.07) is 6.90. The van der Waals surface area contributed by atoms with Crippen LogP contribution >= 0.6 is 0 Å². The Morgan fingerprint density at radius 3 is 2.74 bits per heavy atom. The van der Waals surface area contributed by atoms with Gasteiger partial charge in [-0.3, -0.25) is 9.59 Å². The highest BCUT2D eigenvalue weighted by Crippen LogP contribution is 2.29. The molecule has 9 heteroatoms. The van der Waals surface area contributed by atoms with Crippen LogP contribution in [0, 0.1) is 11.3 Å². The van der Waals surface area contributed by atoms with Gasteiger partial charge in [-0.05, 0) is 37.1 Å². The number of nitrogens with one attached hydrogen (secondary N) is 1. The summed E-state index contributed by atoms with van der Waals surface area (Å²) in [5.41, 5.74) is 0.583. The monoisotopic (exact) mass is 431 g/mol. The van der Waals surface area contributed by atoms with Gasteiger partial charge in [0.05, 0.1) is 20.3 Å². The molecule has 1 aliphatic rings. The Morgan fingerprint density at radius 2 is 2.06 bits per heavy atom. The summed E-state index contributed by atoms with van der Waals surface area (Å²) >= 11 is 0. The molecule has 0 spiro atoms. The minimum absolute atomic E-state index is 0.0189. The number of carbonyl (C=O) groups excluding carboxylic acids is 2. The molecule has 0 bridgehead atoms. The Kier molecular flexibility index (Phi) is 10.3. The highest BCUT2D eigenvalue weighted by molar-refractivity contribution is 6.01. The summed E-state index contributed by atoms with van der Waals surface area (Å²) in [7, 11) is 1.48. The molecule has 0 aliphatic carbocycles. The lowest BCUT2D eigenvalue weighted by Gasteiger charge is -2.26. The van der Waals surface area contributed by atoms with Gasteiger partial charge < -0.3 is 29.2 Å². The van der Waals surface area contributed by atoms with Gasteiger partial charge in [-0.15, -0.1) is 0 Å². The van der Waals surface area contributed by atoms with Crippen molar-refractivity contribution in [2.45, 2.75) is 13.3 Å². The largest absolute Gasteiger partial charge is 0.493 e. The van der Waals surface area contributed by atoms with Gasteiger partial charge in [0.1, 0.15) is 11.6 Å². The molecular weight excluding hydrogens is 402 g/mol. The van der Waals surface area contributed by atoms with Crippen molar-refractivity contribution in [3.8, 4) is 17.6 Å². The maximum atomic E-state index is 12.2. The maximum absolute atomic E-state index is 12.2.